The maximum absolute atomic E-state index is 13.3. The SMILES string of the molecule is O=C(CNc1ccc(Cl)cc1F)NC1CC1. The molecule has 0 radical (unpaired) electrons. The zero-order valence-corrected chi connectivity index (χ0v) is 9.35. The lowest BCUT2D eigenvalue weighted by molar-refractivity contribution is -0.119. The van der Waals surface area contributed by atoms with E-state index in [9.17, 15) is 9.18 Å². The number of rotatable bonds is 4. The van der Waals surface area contributed by atoms with Crippen LogP contribution >= 0.6 is 11.6 Å². The third-order valence-corrected chi connectivity index (χ3v) is 2.55. The summed E-state index contributed by atoms with van der Waals surface area (Å²) >= 11 is 5.61. The van der Waals surface area contributed by atoms with Gasteiger partial charge in [-0.3, -0.25) is 4.79 Å². The van der Waals surface area contributed by atoms with Crippen LogP contribution in [-0.4, -0.2) is 18.5 Å². The van der Waals surface area contributed by atoms with Crippen LogP contribution in [0.1, 0.15) is 12.8 Å². The Hall–Kier alpha value is -1.29. The molecule has 1 aromatic carbocycles. The summed E-state index contributed by atoms with van der Waals surface area (Å²) in [5.41, 5.74) is 0.287. The number of benzene rings is 1. The molecule has 2 rings (SSSR count). The fourth-order valence-electron chi connectivity index (χ4n) is 1.31. The zero-order valence-electron chi connectivity index (χ0n) is 8.59. The van der Waals surface area contributed by atoms with Gasteiger partial charge in [-0.15, -0.1) is 0 Å². The first kappa shape index (κ1) is 11.2. The van der Waals surface area contributed by atoms with E-state index < -0.39 is 5.82 Å². The molecule has 1 amide bonds. The predicted molar refractivity (Wildman–Crippen MR) is 61.1 cm³/mol. The summed E-state index contributed by atoms with van der Waals surface area (Å²) in [6.07, 6.45) is 2.09. The first-order chi connectivity index (χ1) is 7.65. The average Bonchev–Trinajstić information content (AvgIpc) is 3.00. The highest BCUT2D eigenvalue weighted by Crippen LogP contribution is 2.19. The lowest BCUT2D eigenvalue weighted by atomic mass is 10.3. The molecule has 2 N–H and O–H groups in total. The van der Waals surface area contributed by atoms with Crippen molar-refractivity contribution in [3.05, 3.63) is 29.0 Å². The van der Waals surface area contributed by atoms with Crippen LogP contribution < -0.4 is 10.6 Å². The zero-order chi connectivity index (χ0) is 11.5. The van der Waals surface area contributed by atoms with Crippen LogP contribution in [0.3, 0.4) is 0 Å². The molecule has 1 aliphatic carbocycles. The summed E-state index contributed by atoms with van der Waals surface area (Å²) in [7, 11) is 0. The number of amides is 1. The van der Waals surface area contributed by atoms with Gasteiger partial charge in [-0.05, 0) is 31.0 Å². The lowest BCUT2D eigenvalue weighted by Gasteiger charge is -2.07. The largest absolute Gasteiger partial charge is 0.374 e. The second kappa shape index (κ2) is 4.70. The van der Waals surface area contributed by atoms with E-state index in [4.69, 9.17) is 11.6 Å². The van der Waals surface area contributed by atoms with Gasteiger partial charge in [-0.25, -0.2) is 4.39 Å². The van der Waals surface area contributed by atoms with Crippen molar-refractivity contribution in [3.8, 4) is 0 Å². The van der Waals surface area contributed by atoms with Crippen molar-refractivity contribution in [1.82, 2.24) is 5.32 Å². The third-order valence-electron chi connectivity index (χ3n) is 2.31. The van der Waals surface area contributed by atoms with Crippen molar-refractivity contribution in [2.45, 2.75) is 18.9 Å². The second-order valence-electron chi connectivity index (χ2n) is 3.82. The van der Waals surface area contributed by atoms with Crippen LogP contribution in [0, 0.1) is 5.82 Å². The Bertz CT molecular complexity index is 407. The minimum Gasteiger partial charge on any atom is -0.374 e. The van der Waals surface area contributed by atoms with Gasteiger partial charge >= 0.3 is 0 Å². The molecule has 86 valence electrons. The van der Waals surface area contributed by atoms with Crippen LogP contribution in [0.15, 0.2) is 18.2 Å². The van der Waals surface area contributed by atoms with Crippen molar-refractivity contribution >= 4 is 23.2 Å². The van der Waals surface area contributed by atoms with Crippen molar-refractivity contribution < 1.29 is 9.18 Å². The minimum atomic E-state index is -0.452. The third kappa shape index (κ3) is 3.10. The molecular weight excluding hydrogens is 231 g/mol. The molecule has 0 saturated heterocycles. The maximum atomic E-state index is 13.3. The molecule has 0 aromatic heterocycles. The summed E-state index contributed by atoms with van der Waals surface area (Å²) in [6.45, 7) is 0.0784. The molecule has 0 atom stereocenters. The van der Waals surface area contributed by atoms with E-state index in [1.165, 1.54) is 12.1 Å². The van der Waals surface area contributed by atoms with Crippen molar-refractivity contribution in [2.24, 2.45) is 0 Å². The molecular formula is C11H12ClFN2O. The van der Waals surface area contributed by atoms with Crippen LogP contribution in [0.2, 0.25) is 5.02 Å². The molecule has 5 heteroatoms. The second-order valence-corrected chi connectivity index (χ2v) is 4.26. The normalized spacial score (nSPS) is 14.6. The first-order valence-electron chi connectivity index (χ1n) is 5.13. The van der Waals surface area contributed by atoms with Gasteiger partial charge in [0, 0.05) is 11.1 Å². The monoisotopic (exact) mass is 242 g/mol. The number of hydrogen-bond donors (Lipinski definition) is 2. The summed E-state index contributed by atoms with van der Waals surface area (Å²) in [4.78, 5) is 11.3. The van der Waals surface area contributed by atoms with Crippen LogP contribution in [0.4, 0.5) is 10.1 Å². The topological polar surface area (TPSA) is 41.1 Å². The quantitative estimate of drug-likeness (QED) is 0.850. The van der Waals surface area contributed by atoms with Gasteiger partial charge in [0.1, 0.15) is 5.82 Å². The standard InChI is InChI=1S/C11H12ClFN2O/c12-7-1-4-10(9(13)5-7)14-6-11(16)15-8-2-3-8/h1,4-5,8,14H,2-3,6H2,(H,15,16). The van der Waals surface area contributed by atoms with E-state index >= 15 is 0 Å². The van der Waals surface area contributed by atoms with Crippen molar-refractivity contribution in [3.63, 3.8) is 0 Å². The Labute approximate surface area is 98.0 Å². The van der Waals surface area contributed by atoms with Crippen LogP contribution in [-0.2, 0) is 4.79 Å². The summed E-state index contributed by atoms with van der Waals surface area (Å²) in [5.74, 6) is -0.566. The smallest absolute Gasteiger partial charge is 0.239 e. The van der Waals surface area contributed by atoms with Gasteiger partial charge in [0.25, 0.3) is 0 Å². The van der Waals surface area contributed by atoms with Gasteiger partial charge < -0.3 is 10.6 Å². The highest BCUT2D eigenvalue weighted by atomic mass is 35.5. The molecule has 0 bridgehead atoms. The van der Waals surface area contributed by atoms with Crippen LogP contribution in [0.5, 0.6) is 0 Å². The summed E-state index contributed by atoms with van der Waals surface area (Å²) in [5, 5.41) is 5.87. The molecule has 16 heavy (non-hydrogen) atoms. The highest BCUT2D eigenvalue weighted by Gasteiger charge is 2.22. The maximum Gasteiger partial charge on any atom is 0.239 e. The number of carbonyl (C=O) groups is 1. The Morgan fingerprint density at radius 2 is 2.25 bits per heavy atom. The number of anilines is 1. The summed E-state index contributed by atoms with van der Waals surface area (Å²) in [6, 6.07) is 4.63. The van der Waals surface area contributed by atoms with E-state index in [2.05, 4.69) is 10.6 Å². The Balaban J connectivity index is 1.85. The number of hydrogen-bond acceptors (Lipinski definition) is 2. The van der Waals surface area contributed by atoms with Gasteiger partial charge in [-0.1, -0.05) is 11.6 Å². The average molecular weight is 243 g/mol. The van der Waals surface area contributed by atoms with Gasteiger partial charge in [0.15, 0.2) is 0 Å². The van der Waals surface area contributed by atoms with Gasteiger partial charge in [-0.2, -0.15) is 0 Å². The number of nitrogens with one attached hydrogen (secondary N) is 2. The fraction of sp³-hybridized carbons (Fsp3) is 0.364. The highest BCUT2D eigenvalue weighted by molar-refractivity contribution is 6.30. The van der Waals surface area contributed by atoms with Gasteiger partial charge in [0.2, 0.25) is 5.91 Å². The van der Waals surface area contributed by atoms with Gasteiger partial charge in [0.05, 0.1) is 12.2 Å². The molecule has 1 aromatic rings. The number of halogens is 2. The van der Waals surface area contributed by atoms with E-state index in [-0.39, 0.29) is 18.1 Å². The van der Waals surface area contributed by atoms with E-state index in [1.54, 1.807) is 6.07 Å². The summed E-state index contributed by atoms with van der Waals surface area (Å²) < 4.78 is 13.3. The number of carbonyl (C=O) groups excluding carboxylic acids is 1. The van der Waals surface area contributed by atoms with Crippen molar-refractivity contribution in [2.75, 3.05) is 11.9 Å². The molecule has 0 aliphatic heterocycles. The molecule has 1 saturated carbocycles. The predicted octanol–water partition coefficient (Wildman–Crippen LogP) is 2.17. The first-order valence-corrected chi connectivity index (χ1v) is 5.51. The lowest BCUT2D eigenvalue weighted by Crippen LogP contribution is -2.31. The van der Waals surface area contributed by atoms with Crippen LogP contribution in [0.25, 0.3) is 0 Å². The van der Waals surface area contributed by atoms with E-state index in [1.807, 2.05) is 0 Å². The molecule has 0 unspecified atom stereocenters. The molecule has 0 spiro atoms. The molecule has 1 fully saturated rings. The minimum absolute atomic E-state index is 0.0784. The van der Waals surface area contributed by atoms with E-state index in [0.717, 1.165) is 12.8 Å². The Morgan fingerprint density at radius 3 is 2.88 bits per heavy atom. The fourth-order valence-corrected chi connectivity index (χ4v) is 1.47. The molecule has 1 aliphatic rings. The molecule has 0 heterocycles. The Morgan fingerprint density at radius 1 is 1.50 bits per heavy atom. The molecule has 3 nitrogen and oxygen atoms in total. The van der Waals surface area contributed by atoms with Crippen molar-refractivity contribution in [1.29, 1.82) is 0 Å². The Kier molecular flexibility index (Phi) is 3.29. The van der Waals surface area contributed by atoms with E-state index in [0.29, 0.717) is 11.1 Å².